The van der Waals surface area contributed by atoms with Crippen molar-refractivity contribution in [2.75, 3.05) is 27.3 Å². The normalized spacial score (nSPS) is 19.4. The number of carbonyl (C=O) groups is 1. The fourth-order valence-corrected chi connectivity index (χ4v) is 2.35. The Hall–Kier alpha value is -1.82. The highest BCUT2D eigenvalue weighted by molar-refractivity contribution is 5.70. The van der Waals surface area contributed by atoms with Crippen molar-refractivity contribution in [3.63, 3.8) is 0 Å². The molecule has 1 aliphatic heterocycles. The minimum absolute atomic E-state index is 0.281. The first-order valence-corrected chi connectivity index (χ1v) is 6.16. The van der Waals surface area contributed by atoms with Crippen LogP contribution in [0.1, 0.15) is 12.1 Å². The van der Waals surface area contributed by atoms with E-state index < -0.39 is 5.97 Å². The molecule has 1 unspecified atom stereocenters. The Balaban J connectivity index is 2.10. The summed E-state index contributed by atoms with van der Waals surface area (Å²) in [6.07, 6.45) is 2.35. The number of hydrogen-bond donors (Lipinski definition) is 1. The number of carboxylic acids is 1. The third kappa shape index (κ3) is 2.96. The smallest absolute Gasteiger partial charge is 0.307 e. The molecule has 104 valence electrons. The number of rotatable bonds is 5. The van der Waals surface area contributed by atoms with E-state index in [1.54, 1.807) is 26.5 Å². The summed E-state index contributed by atoms with van der Waals surface area (Å²) in [5, 5.41) is 8.99. The summed E-state index contributed by atoms with van der Waals surface area (Å²) < 4.78 is 10.5. The van der Waals surface area contributed by atoms with E-state index in [0.717, 1.165) is 12.2 Å². The number of ether oxygens (including phenoxy) is 2. The number of hydrogen-bond acceptors (Lipinski definition) is 5. The van der Waals surface area contributed by atoms with Crippen LogP contribution in [0.25, 0.3) is 0 Å². The van der Waals surface area contributed by atoms with Gasteiger partial charge in [-0.25, -0.2) is 0 Å². The van der Waals surface area contributed by atoms with Gasteiger partial charge in [0, 0.05) is 25.4 Å². The molecular weight excluding hydrogens is 248 g/mol. The standard InChI is InChI=1S/C13H18N2O4/c1-18-11-3-5-14-10(12(11)19-2)8-15-6-4-9(7-15)13(16)17/h3,5,9H,4,6-8H2,1-2H3,(H,16,17). The second-order valence-corrected chi connectivity index (χ2v) is 4.55. The molecule has 1 fully saturated rings. The van der Waals surface area contributed by atoms with E-state index in [1.165, 1.54) is 0 Å². The molecule has 6 nitrogen and oxygen atoms in total. The van der Waals surface area contributed by atoms with Gasteiger partial charge in [0.1, 0.15) is 5.69 Å². The highest BCUT2D eigenvalue weighted by Gasteiger charge is 2.28. The molecule has 0 spiro atoms. The van der Waals surface area contributed by atoms with Crippen LogP contribution in [0.3, 0.4) is 0 Å². The second-order valence-electron chi connectivity index (χ2n) is 4.55. The van der Waals surface area contributed by atoms with Crippen molar-refractivity contribution in [3.05, 3.63) is 18.0 Å². The Kier molecular flexibility index (Phi) is 4.21. The molecule has 6 heteroatoms. The Morgan fingerprint density at radius 2 is 2.32 bits per heavy atom. The van der Waals surface area contributed by atoms with Gasteiger partial charge in [0.05, 0.1) is 20.1 Å². The maximum Gasteiger partial charge on any atom is 0.307 e. The number of pyridine rings is 1. The van der Waals surface area contributed by atoms with Crippen molar-refractivity contribution in [3.8, 4) is 11.5 Å². The number of nitrogens with zero attached hydrogens (tertiary/aromatic N) is 2. The molecule has 0 aliphatic carbocycles. The van der Waals surface area contributed by atoms with Crippen molar-refractivity contribution in [1.29, 1.82) is 0 Å². The van der Waals surface area contributed by atoms with Crippen molar-refractivity contribution in [2.24, 2.45) is 5.92 Å². The first-order valence-electron chi connectivity index (χ1n) is 6.16. The number of aromatic nitrogens is 1. The minimum Gasteiger partial charge on any atom is -0.493 e. The lowest BCUT2D eigenvalue weighted by atomic mass is 10.1. The SMILES string of the molecule is COc1ccnc(CN2CCC(C(=O)O)C2)c1OC. The molecule has 0 saturated carbocycles. The summed E-state index contributed by atoms with van der Waals surface area (Å²) >= 11 is 0. The Morgan fingerprint density at radius 1 is 1.53 bits per heavy atom. The van der Waals surface area contributed by atoms with Gasteiger partial charge in [-0.05, 0) is 13.0 Å². The molecule has 1 aromatic rings. The quantitative estimate of drug-likeness (QED) is 0.857. The number of carboxylic acid groups (broad SMARTS) is 1. The highest BCUT2D eigenvalue weighted by Crippen LogP contribution is 2.30. The fraction of sp³-hybridized carbons (Fsp3) is 0.538. The van der Waals surface area contributed by atoms with Gasteiger partial charge in [-0.1, -0.05) is 0 Å². The molecule has 2 rings (SSSR count). The molecule has 0 aromatic carbocycles. The predicted molar refractivity (Wildman–Crippen MR) is 68.4 cm³/mol. The first kappa shape index (κ1) is 13.6. The maximum atomic E-state index is 10.9. The monoisotopic (exact) mass is 266 g/mol. The molecule has 1 aliphatic rings. The Labute approximate surface area is 112 Å². The van der Waals surface area contributed by atoms with Gasteiger partial charge in [0.2, 0.25) is 0 Å². The Bertz CT molecular complexity index is 464. The average molecular weight is 266 g/mol. The van der Waals surface area contributed by atoms with Gasteiger partial charge in [-0.2, -0.15) is 0 Å². The second kappa shape index (κ2) is 5.88. The van der Waals surface area contributed by atoms with Gasteiger partial charge < -0.3 is 14.6 Å². The van der Waals surface area contributed by atoms with Gasteiger partial charge in [0.25, 0.3) is 0 Å². The molecule has 0 bridgehead atoms. The third-order valence-corrected chi connectivity index (χ3v) is 3.36. The predicted octanol–water partition coefficient (Wildman–Crippen LogP) is 1.01. The summed E-state index contributed by atoms with van der Waals surface area (Å²) in [5.74, 6) is 0.245. The number of aliphatic carboxylic acids is 1. The minimum atomic E-state index is -0.729. The molecule has 0 radical (unpaired) electrons. The van der Waals surface area contributed by atoms with E-state index in [4.69, 9.17) is 14.6 Å². The lowest BCUT2D eigenvalue weighted by Crippen LogP contribution is -2.23. The molecular formula is C13H18N2O4. The van der Waals surface area contributed by atoms with Crippen molar-refractivity contribution in [1.82, 2.24) is 9.88 Å². The largest absolute Gasteiger partial charge is 0.493 e. The van der Waals surface area contributed by atoms with E-state index in [-0.39, 0.29) is 5.92 Å². The van der Waals surface area contributed by atoms with E-state index in [9.17, 15) is 4.79 Å². The van der Waals surface area contributed by atoms with Crippen molar-refractivity contribution < 1.29 is 19.4 Å². The van der Waals surface area contributed by atoms with E-state index in [0.29, 0.717) is 31.0 Å². The van der Waals surface area contributed by atoms with Gasteiger partial charge >= 0.3 is 5.97 Å². The molecule has 0 amide bonds. The van der Waals surface area contributed by atoms with Crippen LogP contribution in [0.4, 0.5) is 0 Å². The summed E-state index contributed by atoms with van der Waals surface area (Å²) in [7, 11) is 3.16. The number of methoxy groups -OCH3 is 2. The zero-order chi connectivity index (χ0) is 13.8. The topological polar surface area (TPSA) is 71.9 Å². The van der Waals surface area contributed by atoms with Crippen LogP contribution in [0.2, 0.25) is 0 Å². The fourth-order valence-electron chi connectivity index (χ4n) is 2.35. The maximum absolute atomic E-state index is 10.9. The van der Waals surface area contributed by atoms with Crippen LogP contribution < -0.4 is 9.47 Å². The first-order chi connectivity index (χ1) is 9.15. The van der Waals surface area contributed by atoms with Gasteiger partial charge in [0.15, 0.2) is 11.5 Å². The molecule has 2 heterocycles. The molecule has 1 saturated heterocycles. The van der Waals surface area contributed by atoms with Gasteiger partial charge in [-0.15, -0.1) is 0 Å². The van der Waals surface area contributed by atoms with Crippen molar-refractivity contribution >= 4 is 5.97 Å². The highest BCUT2D eigenvalue weighted by atomic mass is 16.5. The molecule has 19 heavy (non-hydrogen) atoms. The summed E-state index contributed by atoms with van der Waals surface area (Å²) in [5.41, 5.74) is 0.771. The van der Waals surface area contributed by atoms with Crippen LogP contribution in [0.15, 0.2) is 12.3 Å². The van der Waals surface area contributed by atoms with E-state index in [1.807, 2.05) is 0 Å². The van der Waals surface area contributed by atoms with Crippen LogP contribution in [0.5, 0.6) is 11.5 Å². The van der Waals surface area contributed by atoms with Crippen LogP contribution in [-0.2, 0) is 11.3 Å². The van der Waals surface area contributed by atoms with Crippen LogP contribution >= 0.6 is 0 Å². The summed E-state index contributed by atoms with van der Waals surface area (Å²) in [6, 6.07) is 1.74. The zero-order valence-corrected chi connectivity index (χ0v) is 11.1. The summed E-state index contributed by atoms with van der Waals surface area (Å²) in [4.78, 5) is 17.3. The third-order valence-electron chi connectivity index (χ3n) is 3.36. The van der Waals surface area contributed by atoms with E-state index >= 15 is 0 Å². The molecule has 1 N–H and O–H groups in total. The average Bonchev–Trinajstić information content (AvgIpc) is 2.87. The van der Waals surface area contributed by atoms with Crippen LogP contribution in [-0.4, -0.2) is 48.3 Å². The summed E-state index contributed by atoms with van der Waals surface area (Å²) in [6.45, 7) is 1.89. The van der Waals surface area contributed by atoms with Crippen LogP contribution in [0, 0.1) is 5.92 Å². The Morgan fingerprint density at radius 3 is 2.89 bits per heavy atom. The van der Waals surface area contributed by atoms with E-state index in [2.05, 4.69) is 9.88 Å². The lowest BCUT2D eigenvalue weighted by Gasteiger charge is -2.17. The molecule has 1 atom stereocenters. The number of likely N-dealkylation sites (tertiary alicyclic amines) is 1. The zero-order valence-electron chi connectivity index (χ0n) is 11.1. The molecule has 1 aromatic heterocycles. The van der Waals surface area contributed by atoms with Crippen molar-refractivity contribution in [2.45, 2.75) is 13.0 Å². The van der Waals surface area contributed by atoms with Gasteiger partial charge in [-0.3, -0.25) is 14.7 Å². The lowest BCUT2D eigenvalue weighted by molar-refractivity contribution is -0.141.